The predicted molar refractivity (Wildman–Crippen MR) is 86.6 cm³/mol. The Morgan fingerprint density at radius 3 is 2.45 bits per heavy atom. The van der Waals surface area contributed by atoms with E-state index in [0.717, 1.165) is 6.04 Å². The first-order chi connectivity index (χ1) is 9.74. The van der Waals surface area contributed by atoms with Crippen molar-refractivity contribution in [2.45, 2.75) is 51.5 Å². The van der Waals surface area contributed by atoms with Crippen molar-refractivity contribution in [2.75, 3.05) is 31.1 Å². The number of rotatable bonds is 2. The van der Waals surface area contributed by atoms with Gasteiger partial charge in [-0.1, -0.05) is 32.4 Å². The topological polar surface area (TPSA) is 6.48 Å². The van der Waals surface area contributed by atoms with Gasteiger partial charge in [0, 0.05) is 31.4 Å². The molecule has 2 saturated heterocycles. The highest BCUT2D eigenvalue weighted by molar-refractivity contribution is 5.48. The van der Waals surface area contributed by atoms with Crippen LogP contribution in [-0.4, -0.2) is 37.1 Å². The zero-order chi connectivity index (χ0) is 13.9. The standard InChI is InChI=1S/C18H28N2/c1-15(2)16-7-9-17(10-8-16)20-13-5-12-19-11-4-3-6-18(19)14-20/h7-10,15,18H,3-6,11-14H2,1-2H3. The molecule has 2 aliphatic rings. The Kier molecular flexibility index (Phi) is 4.30. The van der Waals surface area contributed by atoms with E-state index < -0.39 is 0 Å². The highest BCUT2D eigenvalue weighted by Crippen LogP contribution is 2.26. The zero-order valence-corrected chi connectivity index (χ0v) is 13.0. The lowest BCUT2D eigenvalue weighted by Gasteiger charge is -2.36. The molecule has 1 atom stereocenters. The van der Waals surface area contributed by atoms with Gasteiger partial charge in [-0.2, -0.15) is 0 Å². The van der Waals surface area contributed by atoms with Crippen molar-refractivity contribution in [1.82, 2.24) is 4.90 Å². The molecule has 2 aliphatic heterocycles. The third-order valence-corrected chi connectivity index (χ3v) is 4.98. The summed E-state index contributed by atoms with van der Waals surface area (Å²) in [7, 11) is 0. The molecule has 0 N–H and O–H groups in total. The molecule has 0 aromatic heterocycles. The molecule has 3 rings (SSSR count). The highest BCUT2D eigenvalue weighted by atomic mass is 15.2. The van der Waals surface area contributed by atoms with Crippen molar-refractivity contribution >= 4 is 5.69 Å². The number of piperidine rings is 1. The molecule has 110 valence electrons. The Morgan fingerprint density at radius 2 is 1.70 bits per heavy atom. The average molecular weight is 272 g/mol. The predicted octanol–water partition coefficient (Wildman–Crippen LogP) is 3.87. The largest absolute Gasteiger partial charge is 0.370 e. The minimum atomic E-state index is 0.627. The van der Waals surface area contributed by atoms with Gasteiger partial charge in [0.05, 0.1) is 0 Å². The van der Waals surface area contributed by atoms with E-state index >= 15 is 0 Å². The van der Waals surface area contributed by atoms with Crippen LogP contribution in [0.3, 0.4) is 0 Å². The van der Waals surface area contributed by atoms with Crippen LogP contribution in [0.15, 0.2) is 24.3 Å². The van der Waals surface area contributed by atoms with Gasteiger partial charge in [0.15, 0.2) is 0 Å². The Balaban J connectivity index is 1.72. The average Bonchev–Trinajstić information content (AvgIpc) is 2.69. The molecule has 1 unspecified atom stereocenters. The molecule has 0 amide bonds. The quantitative estimate of drug-likeness (QED) is 0.806. The van der Waals surface area contributed by atoms with E-state index in [1.807, 2.05) is 0 Å². The summed E-state index contributed by atoms with van der Waals surface area (Å²) in [5.74, 6) is 0.627. The third kappa shape index (κ3) is 3.01. The second-order valence-electron chi connectivity index (χ2n) is 6.73. The first kappa shape index (κ1) is 13.9. The summed E-state index contributed by atoms with van der Waals surface area (Å²) in [5.41, 5.74) is 2.87. The monoisotopic (exact) mass is 272 g/mol. The minimum Gasteiger partial charge on any atom is -0.370 e. The van der Waals surface area contributed by atoms with Gasteiger partial charge in [-0.05, 0) is 49.4 Å². The van der Waals surface area contributed by atoms with Crippen LogP contribution in [0.2, 0.25) is 0 Å². The fraction of sp³-hybridized carbons (Fsp3) is 0.667. The van der Waals surface area contributed by atoms with Gasteiger partial charge in [0.25, 0.3) is 0 Å². The Bertz CT molecular complexity index is 424. The van der Waals surface area contributed by atoms with Gasteiger partial charge >= 0.3 is 0 Å². The van der Waals surface area contributed by atoms with Crippen LogP contribution in [-0.2, 0) is 0 Å². The molecular formula is C18H28N2. The molecule has 2 heterocycles. The number of anilines is 1. The number of nitrogens with zero attached hydrogens (tertiary/aromatic N) is 2. The summed E-state index contributed by atoms with van der Waals surface area (Å²) in [5, 5.41) is 0. The van der Waals surface area contributed by atoms with E-state index in [9.17, 15) is 0 Å². The molecule has 0 radical (unpaired) electrons. The van der Waals surface area contributed by atoms with Crippen molar-refractivity contribution in [1.29, 1.82) is 0 Å². The lowest BCUT2D eigenvalue weighted by Crippen LogP contribution is -2.44. The number of benzene rings is 1. The molecule has 0 saturated carbocycles. The van der Waals surface area contributed by atoms with E-state index in [-0.39, 0.29) is 0 Å². The van der Waals surface area contributed by atoms with Crippen molar-refractivity contribution < 1.29 is 0 Å². The van der Waals surface area contributed by atoms with E-state index in [1.165, 1.54) is 63.1 Å². The normalized spacial score (nSPS) is 24.6. The summed E-state index contributed by atoms with van der Waals surface area (Å²) < 4.78 is 0. The smallest absolute Gasteiger partial charge is 0.0366 e. The zero-order valence-electron chi connectivity index (χ0n) is 13.0. The summed E-state index contributed by atoms with van der Waals surface area (Å²) >= 11 is 0. The fourth-order valence-electron chi connectivity index (χ4n) is 3.68. The van der Waals surface area contributed by atoms with Gasteiger partial charge in [-0.15, -0.1) is 0 Å². The first-order valence-corrected chi connectivity index (χ1v) is 8.33. The van der Waals surface area contributed by atoms with Crippen molar-refractivity contribution in [3.63, 3.8) is 0 Å². The molecule has 20 heavy (non-hydrogen) atoms. The lowest BCUT2D eigenvalue weighted by molar-refractivity contribution is 0.162. The second kappa shape index (κ2) is 6.17. The first-order valence-electron chi connectivity index (χ1n) is 8.33. The molecular weight excluding hydrogens is 244 g/mol. The molecule has 2 nitrogen and oxygen atoms in total. The van der Waals surface area contributed by atoms with Crippen LogP contribution in [0.1, 0.15) is 51.0 Å². The summed E-state index contributed by atoms with van der Waals surface area (Å²) in [6.07, 6.45) is 5.52. The lowest BCUT2D eigenvalue weighted by atomic mass is 10.0. The Morgan fingerprint density at radius 1 is 0.950 bits per heavy atom. The van der Waals surface area contributed by atoms with Gasteiger partial charge in [0.2, 0.25) is 0 Å². The molecule has 1 aromatic rings. The maximum absolute atomic E-state index is 2.73. The van der Waals surface area contributed by atoms with Gasteiger partial charge < -0.3 is 4.90 Å². The maximum atomic E-state index is 2.73. The molecule has 0 bridgehead atoms. The highest BCUT2D eigenvalue weighted by Gasteiger charge is 2.27. The molecule has 2 heteroatoms. The van der Waals surface area contributed by atoms with Crippen LogP contribution in [0.25, 0.3) is 0 Å². The molecule has 0 spiro atoms. The third-order valence-electron chi connectivity index (χ3n) is 4.98. The van der Waals surface area contributed by atoms with Crippen molar-refractivity contribution in [2.24, 2.45) is 0 Å². The molecule has 1 aromatic carbocycles. The Hall–Kier alpha value is -1.02. The maximum Gasteiger partial charge on any atom is 0.0366 e. The molecule has 2 fully saturated rings. The van der Waals surface area contributed by atoms with Crippen molar-refractivity contribution in [3.05, 3.63) is 29.8 Å². The fourth-order valence-corrected chi connectivity index (χ4v) is 3.68. The minimum absolute atomic E-state index is 0.627. The van der Waals surface area contributed by atoms with Gasteiger partial charge in [-0.3, -0.25) is 4.90 Å². The van der Waals surface area contributed by atoms with E-state index in [4.69, 9.17) is 0 Å². The number of hydrogen-bond acceptors (Lipinski definition) is 2. The summed E-state index contributed by atoms with van der Waals surface area (Å²) in [6.45, 7) is 9.59. The molecule has 0 aliphatic carbocycles. The van der Waals surface area contributed by atoms with Gasteiger partial charge in [-0.25, -0.2) is 0 Å². The Labute approximate surface area is 123 Å². The van der Waals surface area contributed by atoms with Crippen LogP contribution >= 0.6 is 0 Å². The summed E-state index contributed by atoms with van der Waals surface area (Å²) in [4.78, 5) is 5.34. The van der Waals surface area contributed by atoms with E-state index in [0.29, 0.717) is 5.92 Å². The van der Waals surface area contributed by atoms with E-state index in [1.54, 1.807) is 0 Å². The number of fused-ring (bicyclic) bond motifs is 1. The summed E-state index contributed by atoms with van der Waals surface area (Å²) in [6, 6.07) is 10.1. The second-order valence-corrected chi connectivity index (χ2v) is 6.73. The van der Waals surface area contributed by atoms with Crippen molar-refractivity contribution in [3.8, 4) is 0 Å². The van der Waals surface area contributed by atoms with E-state index in [2.05, 4.69) is 47.9 Å². The van der Waals surface area contributed by atoms with Crippen LogP contribution in [0.4, 0.5) is 5.69 Å². The number of hydrogen-bond donors (Lipinski definition) is 0. The van der Waals surface area contributed by atoms with Crippen LogP contribution in [0.5, 0.6) is 0 Å². The van der Waals surface area contributed by atoms with Gasteiger partial charge in [0.1, 0.15) is 0 Å². The van der Waals surface area contributed by atoms with Crippen LogP contribution < -0.4 is 4.90 Å². The van der Waals surface area contributed by atoms with Crippen LogP contribution in [0, 0.1) is 0 Å². The SMILES string of the molecule is CC(C)c1ccc(N2CCCN3CCCCC3C2)cc1.